The van der Waals surface area contributed by atoms with Crippen LogP contribution in [0.2, 0.25) is 0 Å². The molecule has 2 aromatic rings. The first-order chi connectivity index (χ1) is 9.93. The standard InChI is InChI=1S/C12H8F4N4O/c13-5-3-7(14)10(8(15)4-5)19-12(21)6-1-2-18-11(20-17)9(6)16/h1-4H,17H2,(H,18,20)(H,19,21). The van der Waals surface area contributed by atoms with Crippen LogP contribution in [-0.4, -0.2) is 10.9 Å². The summed E-state index contributed by atoms with van der Waals surface area (Å²) in [7, 11) is 0. The Morgan fingerprint density at radius 3 is 2.33 bits per heavy atom. The van der Waals surface area contributed by atoms with Crippen molar-refractivity contribution in [2.24, 2.45) is 5.84 Å². The van der Waals surface area contributed by atoms with Crippen molar-refractivity contribution in [1.82, 2.24) is 4.98 Å². The molecule has 0 radical (unpaired) electrons. The number of nitrogens with two attached hydrogens (primary N) is 1. The molecule has 9 heteroatoms. The van der Waals surface area contributed by atoms with Gasteiger partial charge in [0.2, 0.25) is 0 Å². The normalized spacial score (nSPS) is 10.3. The summed E-state index contributed by atoms with van der Waals surface area (Å²) in [6, 6.07) is 1.76. The van der Waals surface area contributed by atoms with E-state index in [0.29, 0.717) is 12.1 Å². The average Bonchev–Trinajstić information content (AvgIpc) is 2.42. The lowest BCUT2D eigenvalue weighted by molar-refractivity contribution is 0.102. The minimum Gasteiger partial charge on any atom is -0.317 e. The molecule has 21 heavy (non-hydrogen) atoms. The molecule has 0 unspecified atom stereocenters. The van der Waals surface area contributed by atoms with Crippen LogP contribution in [0.4, 0.5) is 29.1 Å². The Bertz CT molecular complexity index is 685. The largest absolute Gasteiger partial charge is 0.317 e. The second-order valence-corrected chi connectivity index (χ2v) is 3.86. The lowest BCUT2D eigenvalue weighted by Crippen LogP contribution is -2.18. The van der Waals surface area contributed by atoms with Gasteiger partial charge in [0.1, 0.15) is 11.5 Å². The number of benzene rings is 1. The van der Waals surface area contributed by atoms with Gasteiger partial charge in [0, 0.05) is 18.3 Å². The van der Waals surface area contributed by atoms with Crippen LogP contribution in [0.5, 0.6) is 0 Å². The summed E-state index contributed by atoms with van der Waals surface area (Å²) in [5.41, 5.74) is 0.491. The summed E-state index contributed by atoms with van der Waals surface area (Å²) in [4.78, 5) is 15.3. The van der Waals surface area contributed by atoms with E-state index in [9.17, 15) is 22.4 Å². The third-order valence-corrected chi connectivity index (χ3v) is 2.52. The number of halogens is 4. The third-order valence-electron chi connectivity index (χ3n) is 2.52. The fourth-order valence-corrected chi connectivity index (χ4v) is 1.56. The van der Waals surface area contributed by atoms with Crippen molar-refractivity contribution in [3.63, 3.8) is 0 Å². The number of anilines is 2. The number of amides is 1. The molecule has 0 bridgehead atoms. The minimum atomic E-state index is -1.33. The van der Waals surface area contributed by atoms with Crippen molar-refractivity contribution >= 4 is 17.4 Å². The number of carbonyl (C=O) groups is 1. The molecule has 5 nitrogen and oxygen atoms in total. The van der Waals surface area contributed by atoms with Gasteiger partial charge in [-0.2, -0.15) is 0 Å². The van der Waals surface area contributed by atoms with E-state index < -0.39 is 46.2 Å². The van der Waals surface area contributed by atoms with Crippen molar-refractivity contribution in [1.29, 1.82) is 0 Å². The molecule has 2 rings (SSSR count). The van der Waals surface area contributed by atoms with Gasteiger partial charge < -0.3 is 10.7 Å². The van der Waals surface area contributed by atoms with Gasteiger partial charge in [-0.3, -0.25) is 4.79 Å². The topological polar surface area (TPSA) is 80.0 Å². The van der Waals surface area contributed by atoms with Crippen LogP contribution in [0.15, 0.2) is 24.4 Å². The molecule has 0 saturated heterocycles. The van der Waals surface area contributed by atoms with E-state index in [1.54, 1.807) is 0 Å². The number of pyridine rings is 1. The number of hydrazine groups is 1. The van der Waals surface area contributed by atoms with Crippen LogP contribution in [0.25, 0.3) is 0 Å². The van der Waals surface area contributed by atoms with Crippen LogP contribution in [0, 0.1) is 23.3 Å². The van der Waals surface area contributed by atoms with Crippen LogP contribution in [0.3, 0.4) is 0 Å². The highest BCUT2D eigenvalue weighted by atomic mass is 19.1. The number of rotatable bonds is 3. The van der Waals surface area contributed by atoms with Crippen LogP contribution in [0.1, 0.15) is 10.4 Å². The van der Waals surface area contributed by atoms with E-state index >= 15 is 0 Å². The number of hydrogen-bond donors (Lipinski definition) is 3. The maximum absolute atomic E-state index is 13.8. The van der Waals surface area contributed by atoms with Gasteiger partial charge >= 0.3 is 0 Å². The number of aromatic nitrogens is 1. The van der Waals surface area contributed by atoms with Gasteiger partial charge in [0.15, 0.2) is 23.3 Å². The maximum atomic E-state index is 13.8. The lowest BCUT2D eigenvalue weighted by Gasteiger charge is -2.09. The SMILES string of the molecule is NNc1nccc(C(=O)Nc2c(F)cc(F)cc2F)c1F. The zero-order valence-electron chi connectivity index (χ0n) is 10.3. The molecule has 1 aromatic carbocycles. The Hall–Kier alpha value is -2.68. The van der Waals surface area contributed by atoms with Gasteiger partial charge in [-0.25, -0.2) is 28.4 Å². The number of carbonyl (C=O) groups excluding carboxylic acids is 1. The summed E-state index contributed by atoms with van der Waals surface area (Å²) < 4.78 is 53.3. The van der Waals surface area contributed by atoms with E-state index in [-0.39, 0.29) is 0 Å². The molecular weight excluding hydrogens is 292 g/mol. The van der Waals surface area contributed by atoms with Crippen LogP contribution in [-0.2, 0) is 0 Å². The molecule has 0 aliphatic heterocycles. The number of hydrogen-bond acceptors (Lipinski definition) is 4. The molecule has 0 saturated carbocycles. The highest BCUT2D eigenvalue weighted by Crippen LogP contribution is 2.22. The van der Waals surface area contributed by atoms with Crippen LogP contribution < -0.4 is 16.6 Å². The first-order valence-corrected chi connectivity index (χ1v) is 5.51. The zero-order chi connectivity index (χ0) is 15.6. The molecule has 110 valence electrons. The smallest absolute Gasteiger partial charge is 0.258 e. The van der Waals surface area contributed by atoms with Crippen LogP contribution >= 0.6 is 0 Å². The van der Waals surface area contributed by atoms with Crippen molar-refractivity contribution in [2.45, 2.75) is 0 Å². The summed E-state index contributed by atoms with van der Waals surface area (Å²) >= 11 is 0. The number of nitrogen functional groups attached to an aromatic ring is 1. The maximum Gasteiger partial charge on any atom is 0.258 e. The third kappa shape index (κ3) is 2.92. The Kier molecular flexibility index (Phi) is 4.03. The second kappa shape index (κ2) is 5.75. The monoisotopic (exact) mass is 300 g/mol. The molecule has 0 spiro atoms. The number of nitrogens with zero attached hydrogens (tertiary/aromatic N) is 1. The Labute approximate surface area is 115 Å². The summed E-state index contributed by atoms with van der Waals surface area (Å²) in [6.07, 6.45) is 1.07. The quantitative estimate of drug-likeness (QED) is 0.461. The van der Waals surface area contributed by atoms with E-state index in [1.165, 1.54) is 0 Å². The van der Waals surface area contributed by atoms with Gasteiger partial charge in [0.25, 0.3) is 5.91 Å². The first-order valence-electron chi connectivity index (χ1n) is 5.51. The average molecular weight is 300 g/mol. The van der Waals surface area contributed by atoms with Gasteiger partial charge in [-0.1, -0.05) is 0 Å². The van der Waals surface area contributed by atoms with E-state index in [4.69, 9.17) is 5.84 Å². The van der Waals surface area contributed by atoms with Gasteiger partial charge in [-0.15, -0.1) is 0 Å². The highest BCUT2D eigenvalue weighted by molar-refractivity contribution is 6.05. The van der Waals surface area contributed by atoms with E-state index in [1.807, 2.05) is 10.7 Å². The molecule has 0 fully saturated rings. The number of nitrogens with one attached hydrogen (secondary N) is 2. The van der Waals surface area contributed by atoms with Crippen molar-refractivity contribution in [2.75, 3.05) is 10.7 Å². The first kappa shape index (κ1) is 14.7. The highest BCUT2D eigenvalue weighted by Gasteiger charge is 2.19. The molecule has 0 aliphatic carbocycles. The van der Waals surface area contributed by atoms with Gasteiger partial charge in [-0.05, 0) is 6.07 Å². The molecule has 4 N–H and O–H groups in total. The van der Waals surface area contributed by atoms with Crippen molar-refractivity contribution in [3.8, 4) is 0 Å². The predicted molar refractivity (Wildman–Crippen MR) is 66.3 cm³/mol. The minimum absolute atomic E-state index is 0.383. The summed E-state index contributed by atoms with van der Waals surface area (Å²) in [5.74, 6) is -1.46. The molecule has 1 heterocycles. The lowest BCUT2D eigenvalue weighted by atomic mass is 10.2. The fraction of sp³-hybridized carbons (Fsp3) is 0. The molecular formula is C12H8F4N4O. The predicted octanol–water partition coefficient (Wildman–Crippen LogP) is 2.18. The van der Waals surface area contributed by atoms with E-state index in [2.05, 4.69) is 4.98 Å². The molecule has 0 atom stereocenters. The van der Waals surface area contributed by atoms with E-state index in [0.717, 1.165) is 12.3 Å². The molecule has 0 aliphatic rings. The zero-order valence-corrected chi connectivity index (χ0v) is 10.3. The Morgan fingerprint density at radius 1 is 1.14 bits per heavy atom. The van der Waals surface area contributed by atoms with Gasteiger partial charge in [0.05, 0.1) is 5.56 Å². The summed E-state index contributed by atoms with van der Waals surface area (Å²) in [5, 5.41) is 1.82. The molecule has 1 aromatic heterocycles. The molecule has 1 amide bonds. The fourth-order valence-electron chi connectivity index (χ4n) is 1.56. The summed E-state index contributed by atoms with van der Waals surface area (Å²) in [6.45, 7) is 0. The Balaban J connectivity index is 2.35. The second-order valence-electron chi connectivity index (χ2n) is 3.86. The van der Waals surface area contributed by atoms with Crippen molar-refractivity contribution < 1.29 is 22.4 Å². The van der Waals surface area contributed by atoms with Crippen molar-refractivity contribution in [3.05, 3.63) is 53.2 Å². The Morgan fingerprint density at radius 2 is 1.76 bits per heavy atom.